The predicted octanol–water partition coefficient (Wildman–Crippen LogP) is 9.14. The summed E-state index contributed by atoms with van der Waals surface area (Å²) >= 11 is 0. The van der Waals surface area contributed by atoms with Gasteiger partial charge in [0, 0.05) is 65.4 Å². The van der Waals surface area contributed by atoms with Gasteiger partial charge in [0.2, 0.25) is 0 Å². The van der Waals surface area contributed by atoms with E-state index in [0.29, 0.717) is 6.04 Å². The lowest BCUT2D eigenvalue weighted by Crippen LogP contribution is -2.26. The standard InChI is InChI=1S/C31H42N4.C5H10O.H2/c1-7-9-11-27(21-32-4)29-18-19-30(34-31(29)33-28-16-14-23(3)15-17-28)26-13-10-12-25(20-26)24(8-2)22-35(5)6;1-2-4-6-5-3-1;/h8,10-13,18-23,28H,2,7,9,14-17H2,1,3-6H3,(H,33,34);1-5H2;1H/b24-22+,27-11+,32-21?;;. The first-order chi connectivity index (χ1) is 19.9. The van der Waals surface area contributed by atoms with E-state index in [2.05, 4.69) is 79.4 Å². The zero-order chi connectivity index (χ0) is 29.5. The largest absolute Gasteiger partial charge is 0.383 e. The third-order valence-corrected chi connectivity index (χ3v) is 7.67. The molecule has 0 bridgehead atoms. The van der Waals surface area contributed by atoms with Gasteiger partial charge in [-0.05, 0) is 92.2 Å². The van der Waals surface area contributed by atoms with E-state index in [9.17, 15) is 0 Å². The highest BCUT2D eigenvalue weighted by Gasteiger charge is 2.20. The molecule has 2 fully saturated rings. The van der Waals surface area contributed by atoms with Crippen LogP contribution in [0.5, 0.6) is 0 Å². The van der Waals surface area contributed by atoms with Crippen molar-refractivity contribution in [2.75, 3.05) is 39.7 Å². The predicted molar refractivity (Wildman–Crippen MR) is 181 cm³/mol. The summed E-state index contributed by atoms with van der Waals surface area (Å²) in [5, 5.41) is 3.82. The molecule has 4 rings (SSSR count). The molecule has 0 spiro atoms. The molecule has 1 aliphatic heterocycles. The minimum Gasteiger partial charge on any atom is -0.383 e. The van der Waals surface area contributed by atoms with Crippen LogP contribution in [0, 0.1) is 5.92 Å². The summed E-state index contributed by atoms with van der Waals surface area (Å²) < 4.78 is 5.07. The van der Waals surface area contributed by atoms with Crippen molar-refractivity contribution in [3.8, 4) is 11.3 Å². The van der Waals surface area contributed by atoms with Gasteiger partial charge in [-0.3, -0.25) is 4.99 Å². The molecule has 2 aromatic rings. The molecule has 5 heteroatoms. The highest BCUT2D eigenvalue weighted by atomic mass is 16.5. The van der Waals surface area contributed by atoms with Crippen LogP contribution in [-0.4, -0.2) is 56.5 Å². The fourth-order valence-electron chi connectivity index (χ4n) is 5.30. The normalized spacial score (nSPS) is 19.8. The number of aromatic nitrogens is 1. The van der Waals surface area contributed by atoms with Gasteiger partial charge < -0.3 is 15.0 Å². The molecule has 2 heterocycles. The minimum atomic E-state index is 0. The van der Waals surface area contributed by atoms with E-state index in [4.69, 9.17) is 9.72 Å². The molecule has 41 heavy (non-hydrogen) atoms. The molecule has 224 valence electrons. The maximum atomic E-state index is 5.19. The van der Waals surface area contributed by atoms with Crippen LogP contribution in [0.15, 0.2) is 66.3 Å². The second-order valence-electron chi connectivity index (χ2n) is 11.5. The Hall–Kier alpha value is -3.18. The van der Waals surface area contributed by atoms with Gasteiger partial charge in [0.05, 0.1) is 5.69 Å². The first-order valence-corrected chi connectivity index (χ1v) is 15.5. The van der Waals surface area contributed by atoms with Gasteiger partial charge in [-0.2, -0.15) is 0 Å². The van der Waals surface area contributed by atoms with Crippen molar-refractivity contribution in [2.45, 2.75) is 77.7 Å². The zero-order valence-corrected chi connectivity index (χ0v) is 26.2. The number of aliphatic imine (C=N–C) groups is 1. The third kappa shape index (κ3) is 10.6. The summed E-state index contributed by atoms with van der Waals surface area (Å²) in [6.07, 6.45) is 19.2. The van der Waals surface area contributed by atoms with Crippen LogP contribution in [0.2, 0.25) is 0 Å². The Morgan fingerprint density at radius 3 is 2.44 bits per heavy atom. The van der Waals surface area contributed by atoms with Crippen molar-refractivity contribution in [3.05, 3.63) is 72.5 Å². The van der Waals surface area contributed by atoms with Gasteiger partial charge in [0.25, 0.3) is 0 Å². The van der Waals surface area contributed by atoms with Crippen molar-refractivity contribution in [1.82, 2.24) is 9.88 Å². The number of nitrogens with one attached hydrogen (secondary N) is 1. The van der Waals surface area contributed by atoms with E-state index in [1.807, 2.05) is 38.3 Å². The number of hydrogen-bond donors (Lipinski definition) is 1. The molecule has 0 atom stereocenters. The van der Waals surface area contributed by atoms with Crippen LogP contribution in [0.3, 0.4) is 0 Å². The summed E-state index contributed by atoms with van der Waals surface area (Å²) in [5.74, 6) is 1.78. The Labute approximate surface area is 251 Å². The second-order valence-corrected chi connectivity index (χ2v) is 11.5. The molecule has 5 nitrogen and oxygen atoms in total. The summed E-state index contributed by atoms with van der Waals surface area (Å²) in [6.45, 7) is 10.6. The quantitative estimate of drug-likeness (QED) is 0.233. The van der Waals surface area contributed by atoms with Gasteiger partial charge in [-0.1, -0.05) is 57.2 Å². The fraction of sp³-hybridized carbons (Fsp3) is 0.500. The van der Waals surface area contributed by atoms with Gasteiger partial charge in [0.1, 0.15) is 5.82 Å². The van der Waals surface area contributed by atoms with Crippen LogP contribution in [-0.2, 0) is 4.74 Å². The van der Waals surface area contributed by atoms with Crippen LogP contribution in [0.1, 0.15) is 84.2 Å². The summed E-state index contributed by atoms with van der Waals surface area (Å²) in [5.41, 5.74) is 6.56. The van der Waals surface area contributed by atoms with E-state index in [1.165, 1.54) is 44.9 Å². The lowest BCUT2D eigenvalue weighted by atomic mass is 9.87. The highest BCUT2D eigenvalue weighted by molar-refractivity contribution is 6.11. The number of anilines is 1. The molecule has 1 saturated heterocycles. The number of allylic oxidation sites excluding steroid dienone is 4. The average Bonchev–Trinajstić information content (AvgIpc) is 3.00. The Balaban J connectivity index is 0.000000782. The fourth-order valence-corrected chi connectivity index (χ4v) is 5.30. The van der Waals surface area contributed by atoms with E-state index < -0.39 is 0 Å². The highest BCUT2D eigenvalue weighted by Crippen LogP contribution is 2.32. The Kier molecular flexibility index (Phi) is 13.9. The first-order valence-electron chi connectivity index (χ1n) is 15.5. The molecule has 1 saturated carbocycles. The Bertz CT molecular complexity index is 1160. The topological polar surface area (TPSA) is 49.8 Å². The number of pyridine rings is 1. The lowest BCUT2D eigenvalue weighted by molar-refractivity contribution is 0.0968. The molecule has 0 radical (unpaired) electrons. The van der Waals surface area contributed by atoms with Gasteiger partial charge >= 0.3 is 0 Å². The van der Waals surface area contributed by atoms with Crippen LogP contribution >= 0.6 is 0 Å². The number of ether oxygens (including phenoxy) is 1. The van der Waals surface area contributed by atoms with E-state index in [1.54, 1.807) is 0 Å². The van der Waals surface area contributed by atoms with Crippen LogP contribution in [0.4, 0.5) is 5.82 Å². The maximum absolute atomic E-state index is 5.19. The SMILES string of the molecule is C1CCOCC1.C=C/C(=C\N(C)C)c1cccc(-c2ccc(/C(C=NC)=C/CCC)c(NC3CCC(C)CC3)n2)c1.[HH]. The van der Waals surface area contributed by atoms with Gasteiger partial charge in [-0.15, -0.1) is 0 Å². The van der Waals surface area contributed by atoms with E-state index in [-0.39, 0.29) is 1.43 Å². The maximum Gasteiger partial charge on any atom is 0.134 e. The van der Waals surface area contributed by atoms with Gasteiger partial charge in [0.15, 0.2) is 0 Å². The second kappa shape index (κ2) is 17.6. The zero-order valence-electron chi connectivity index (χ0n) is 26.2. The van der Waals surface area contributed by atoms with Crippen molar-refractivity contribution in [2.24, 2.45) is 10.9 Å². The molecular formula is C36H54N4O. The molecule has 1 aromatic heterocycles. The number of hydrogen-bond acceptors (Lipinski definition) is 5. The van der Waals surface area contributed by atoms with Crippen molar-refractivity contribution >= 4 is 23.2 Å². The summed E-state index contributed by atoms with van der Waals surface area (Å²) in [4.78, 5) is 11.6. The summed E-state index contributed by atoms with van der Waals surface area (Å²) in [7, 11) is 5.89. The molecule has 1 N–H and O–H groups in total. The number of rotatable bonds is 10. The molecule has 0 unspecified atom stereocenters. The molecule has 2 aliphatic rings. The lowest BCUT2D eigenvalue weighted by Gasteiger charge is -2.28. The summed E-state index contributed by atoms with van der Waals surface area (Å²) in [6, 6.07) is 13.4. The number of benzene rings is 1. The van der Waals surface area contributed by atoms with Crippen LogP contribution in [0.25, 0.3) is 22.4 Å². The van der Waals surface area contributed by atoms with Crippen molar-refractivity contribution < 1.29 is 6.16 Å². The first kappa shape index (κ1) is 32.3. The Morgan fingerprint density at radius 2 is 1.85 bits per heavy atom. The minimum absolute atomic E-state index is 0. The molecular weight excluding hydrogens is 504 g/mol. The molecule has 1 aromatic carbocycles. The third-order valence-electron chi connectivity index (χ3n) is 7.67. The van der Waals surface area contributed by atoms with Crippen LogP contribution < -0.4 is 5.32 Å². The molecule has 0 amide bonds. The average molecular weight is 559 g/mol. The monoisotopic (exact) mass is 558 g/mol. The van der Waals surface area contributed by atoms with Crippen molar-refractivity contribution in [3.63, 3.8) is 0 Å². The van der Waals surface area contributed by atoms with Gasteiger partial charge in [-0.25, -0.2) is 4.98 Å². The number of nitrogens with zero attached hydrogens (tertiary/aromatic N) is 3. The molecule has 1 aliphatic carbocycles. The number of unbranched alkanes of at least 4 members (excludes halogenated alkanes) is 1. The van der Waals surface area contributed by atoms with Crippen molar-refractivity contribution in [1.29, 1.82) is 0 Å². The van der Waals surface area contributed by atoms with E-state index >= 15 is 0 Å². The smallest absolute Gasteiger partial charge is 0.134 e. The Morgan fingerprint density at radius 1 is 1.10 bits per heavy atom. The van der Waals surface area contributed by atoms with E-state index in [0.717, 1.165) is 71.3 Å².